The second-order valence-electron chi connectivity index (χ2n) is 5.30. The predicted octanol–water partition coefficient (Wildman–Crippen LogP) is 5.64. The van der Waals surface area contributed by atoms with Crippen molar-refractivity contribution in [2.75, 3.05) is 5.32 Å². The number of hydrogen-bond donors (Lipinski definition) is 1. The van der Waals surface area contributed by atoms with E-state index in [9.17, 15) is 0 Å². The Balaban J connectivity index is 1.72. The summed E-state index contributed by atoms with van der Waals surface area (Å²) >= 11 is 1.85. The summed E-state index contributed by atoms with van der Waals surface area (Å²) in [6, 6.07) is 21.5. The third-order valence-corrected chi connectivity index (χ3v) is 4.70. The molecule has 21 heavy (non-hydrogen) atoms. The zero-order valence-electron chi connectivity index (χ0n) is 12.4. The van der Waals surface area contributed by atoms with Crippen molar-refractivity contribution in [2.45, 2.75) is 20.4 Å². The smallest absolute Gasteiger partial charge is 0.0494 e. The number of thiophene rings is 1. The fraction of sp³-hybridized carbons (Fsp3) is 0.158. The van der Waals surface area contributed by atoms with Crippen LogP contribution in [0.15, 0.2) is 60.7 Å². The average molecular weight is 293 g/mol. The molecule has 0 unspecified atom stereocenters. The highest BCUT2D eigenvalue weighted by Gasteiger charge is 2.03. The lowest BCUT2D eigenvalue weighted by Crippen LogP contribution is -1.99. The fourth-order valence-corrected chi connectivity index (χ4v) is 3.29. The Hall–Kier alpha value is -2.06. The van der Waals surface area contributed by atoms with Crippen molar-refractivity contribution in [1.82, 2.24) is 0 Å². The normalized spacial score (nSPS) is 10.6. The zero-order chi connectivity index (χ0) is 14.7. The molecule has 0 saturated carbocycles. The third kappa shape index (κ3) is 3.34. The molecule has 1 heterocycles. The number of rotatable bonds is 4. The van der Waals surface area contributed by atoms with Gasteiger partial charge in [0.25, 0.3) is 0 Å². The lowest BCUT2D eigenvalue weighted by molar-refractivity contribution is 1.17. The highest BCUT2D eigenvalue weighted by atomic mass is 32.1. The van der Waals surface area contributed by atoms with E-state index in [0.29, 0.717) is 0 Å². The Kier molecular flexibility index (Phi) is 4.07. The maximum Gasteiger partial charge on any atom is 0.0494 e. The molecule has 0 amide bonds. The summed E-state index contributed by atoms with van der Waals surface area (Å²) in [7, 11) is 0. The van der Waals surface area contributed by atoms with E-state index in [1.807, 2.05) is 11.3 Å². The Morgan fingerprint density at radius 3 is 2.52 bits per heavy atom. The molecule has 2 heteroatoms. The van der Waals surface area contributed by atoms with Crippen LogP contribution in [0.2, 0.25) is 0 Å². The molecule has 0 aliphatic heterocycles. The molecule has 0 radical (unpaired) electrons. The molecule has 0 fully saturated rings. The number of nitrogens with one attached hydrogen (secondary N) is 1. The second kappa shape index (κ2) is 6.15. The SMILES string of the molecule is Cc1ccc(C)c(NCc2ccc(-c3ccccc3)s2)c1. The first-order chi connectivity index (χ1) is 10.2. The van der Waals surface area contributed by atoms with Gasteiger partial charge in [0, 0.05) is 22.0 Å². The first-order valence-electron chi connectivity index (χ1n) is 7.17. The van der Waals surface area contributed by atoms with Gasteiger partial charge < -0.3 is 5.32 Å². The highest BCUT2D eigenvalue weighted by molar-refractivity contribution is 7.15. The summed E-state index contributed by atoms with van der Waals surface area (Å²) in [5.41, 5.74) is 5.10. The summed E-state index contributed by atoms with van der Waals surface area (Å²) < 4.78 is 0. The molecule has 1 N–H and O–H groups in total. The molecule has 3 aromatic rings. The Labute approximate surface area is 130 Å². The number of aryl methyl sites for hydroxylation is 2. The van der Waals surface area contributed by atoms with Crippen LogP contribution in [0.25, 0.3) is 10.4 Å². The van der Waals surface area contributed by atoms with Crippen LogP contribution in [0.5, 0.6) is 0 Å². The Bertz CT molecular complexity index is 728. The van der Waals surface area contributed by atoms with Crippen molar-refractivity contribution in [3.8, 4) is 10.4 Å². The lowest BCUT2D eigenvalue weighted by atomic mass is 10.1. The van der Waals surface area contributed by atoms with E-state index in [4.69, 9.17) is 0 Å². The minimum Gasteiger partial charge on any atom is -0.380 e. The van der Waals surface area contributed by atoms with Crippen LogP contribution < -0.4 is 5.32 Å². The van der Waals surface area contributed by atoms with Gasteiger partial charge >= 0.3 is 0 Å². The predicted molar refractivity (Wildman–Crippen MR) is 93.0 cm³/mol. The molecule has 1 aromatic heterocycles. The van der Waals surface area contributed by atoms with Crippen molar-refractivity contribution in [2.24, 2.45) is 0 Å². The summed E-state index contributed by atoms with van der Waals surface area (Å²) in [5, 5.41) is 3.55. The second-order valence-corrected chi connectivity index (χ2v) is 6.47. The molecule has 0 saturated heterocycles. The average Bonchev–Trinajstić information content (AvgIpc) is 2.98. The molecule has 2 aromatic carbocycles. The van der Waals surface area contributed by atoms with Crippen molar-refractivity contribution < 1.29 is 0 Å². The molecular weight excluding hydrogens is 274 g/mol. The molecule has 3 rings (SSSR count). The lowest BCUT2D eigenvalue weighted by Gasteiger charge is -2.09. The van der Waals surface area contributed by atoms with Gasteiger partial charge in [-0.3, -0.25) is 0 Å². The van der Waals surface area contributed by atoms with E-state index in [1.165, 1.54) is 32.1 Å². The number of benzene rings is 2. The van der Waals surface area contributed by atoms with Crippen LogP contribution >= 0.6 is 11.3 Å². The van der Waals surface area contributed by atoms with Gasteiger partial charge in [-0.2, -0.15) is 0 Å². The zero-order valence-corrected chi connectivity index (χ0v) is 13.2. The summed E-state index contributed by atoms with van der Waals surface area (Å²) in [6.45, 7) is 5.15. The maximum absolute atomic E-state index is 3.55. The van der Waals surface area contributed by atoms with E-state index >= 15 is 0 Å². The largest absolute Gasteiger partial charge is 0.380 e. The Morgan fingerprint density at radius 2 is 1.71 bits per heavy atom. The monoisotopic (exact) mass is 293 g/mol. The van der Waals surface area contributed by atoms with Gasteiger partial charge in [0.1, 0.15) is 0 Å². The number of hydrogen-bond acceptors (Lipinski definition) is 2. The Morgan fingerprint density at radius 1 is 0.905 bits per heavy atom. The van der Waals surface area contributed by atoms with Crippen molar-refractivity contribution >= 4 is 17.0 Å². The quantitative estimate of drug-likeness (QED) is 0.656. The van der Waals surface area contributed by atoms with Gasteiger partial charge in [-0.15, -0.1) is 11.3 Å². The van der Waals surface area contributed by atoms with Gasteiger partial charge in [-0.25, -0.2) is 0 Å². The van der Waals surface area contributed by atoms with Crippen LogP contribution in [-0.4, -0.2) is 0 Å². The third-order valence-electron chi connectivity index (χ3n) is 3.57. The van der Waals surface area contributed by atoms with Crippen molar-refractivity contribution in [3.05, 3.63) is 76.7 Å². The van der Waals surface area contributed by atoms with E-state index in [-0.39, 0.29) is 0 Å². The molecule has 1 nitrogen and oxygen atoms in total. The summed E-state index contributed by atoms with van der Waals surface area (Å²) in [6.07, 6.45) is 0. The number of anilines is 1. The first-order valence-corrected chi connectivity index (χ1v) is 7.99. The molecule has 106 valence electrons. The molecule has 0 aliphatic rings. The molecule has 0 bridgehead atoms. The minimum absolute atomic E-state index is 0.877. The van der Waals surface area contributed by atoms with Crippen LogP contribution in [-0.2, 0) is 6.54 Å². The molecular formula is C19H19NS. The molecule has 0 atom stereocenters. The van der Waals surface area contributed by atoms with Gasteiger partial charge in [0.2, 0.25) is 0 Å². The van der Waals surface area contributed by atoms with Crippen molar-refractivity contribution in [3.63, 3.8) is 0 Å². The summed E-state index contributed by atoms with van der Waals surface area (Å²) in [5.74, 6) is 0. The van der Waals surface area contributed by atoms with Crippen LogP contribution in [0.1, 0.15) is 16.0 Å². The topological polar surface area (TPSA) is 12.0 Å². The molecule has 0 aliphatic carbocycles. The highest BCUT2D eigenvalue weighted by Crippen LogP contribution is 2.28. The van der Waals surface area contributed by atoms with Crippen molar-refractivity contribution in [1.29, 1.82) is 0 Å². The molecule has 0 spiro atoms. The van der Waals surface area contributed by atoms with Gasteiger partial charge in [0.15, 0.2) is 0 Å². The van der Waals surface area contributed by atoms with Crippen LogP contribution in [0.4, 0.5) is 5.69 Å². The summed E-state index contributed by atoms with van der Waals surface area (Å²) in [4.78, 5) is 2.68. The van der Waals surface area contributed by atoms with Gasteiger partial charge in [-0.05, 0) is 48.7 Å². The maximum atomic E-state index is 3.55. The van der Waals surface area contributed by atoms with E-state index < -0.39 is 0 Å². The van der Waals surface area contributed by atoms with E-state index in [0.717, 1.165) is 6.54 Å². The van der Waals surface area contributed by atoms with Crippen LogP contribution in [0.3, 0.4) is 0 Å². The first kappa shape index (κ1) is 13.9. The van der Waals surface area contributed by atoms with E-state index in [1.54, 1.807) is 0 Å². The van der Waals surface area contributed by atoms with Gasteiger partial charge in [0.05, 0.1) is 0 Å². The fourth-order valence-electron chi connectivity index (χ4n) is 2.34. The van der Waals surface area contributed by atoms with Crippen LogP contribution in [0, 0.1) is 13.8 Å². The minimum atomic E-state index is 0.877. The van der Waals surface area contributed by atoms with E-state index in [2.05, 4.69) is 79.8 Å². The van der Waals surface area contributed by atoms with Gasteiger partial charge in [-0.1, -0.05) is 42.5 Å². The standard InChI is InChI=1S/C19H19NS/c1-14-8-9-15(2)18(12-14)20-13-17-10-11-19(21-17)16-6-4-3-5-7-16/h3-12,20H,13H2,1-2H3.